The minimum Gasteiger partial charge on any atom is -0.169 e. The van der Waals surface area contributed by atoms with Crippen molar-refractivity contribution >= 4 is 31.9 Å². The monoisotopic (exact) mass is 460 g/mol. The maximum Gasteiger partial charge on any atom is 0.411 e. The maximum atomic E-state index is 13.7. The van der Waals surface area contributed by atoms with Gasteiger partial charge in [-0.3, -0.25) is 0 Å². The number of rotatable bonds is 2. The van der Waals surface area contributed by atoms with E-state index in [0.29, 0.717) is 8.95 Å². The number of alkyl halides is 6. The van der Waals surface area contributed by atoms with E-state index < -0.39 is 28.9 Å². The summed E-state index contributed by atoms with van der Waals surface area (Å²) < 4.78 is 83.0. The Balaban J connectivity index is 2.86. The molecule has 2 aromatic rings. The highest BCUT2D eigenvalue weighted by molar-refractivity contribution is 9.10. The lowest BCUT2D eigenvalue weighted by molar-refractivity contribution is -0.288. The molecule has 8 heteroatoms. The second-order valence-corrected chi connectivity index (χ2v) is 6.59. The summed E-state index contributed by atoms with van der Waals surface area (Å²) in [7, 11) is 0. The molecular formula is C15H8Br2F6. The van der Waals surface area contributed by atoms with Crippen LogP contribution in [-0.4, -0.2) is 12.4 Å². The summed E-state index contributed by atoms with van der Waals surface area (Å²) in [5.41, 5.74) is -5.87. The van der Waals surface area contributed by atoms with Crippen molar-refractivity contribution in [1.82, 2.24) is 0 Å². The molecule has 23 heavy (non-hydrogen) atoms. The van der Waals surface area contributed by atoms with Crippen LogP contribution in [0, 0.1) is 0 Å². The van der Waals surface area contributed by atoms with Crippen molar-refractivity contribution in [2.45, 2.75) is 17.8 Å². The van der Waals surface area contributed by atoms with Gasteiger partial charge in [-0.05, 0) is 35.4 Å². The number of hydrogen-bond acceptors (Lipinski definition) is 0. The van der Waals surface area contributed by atoms with Gasteiger partial charge in [0, 0.05) is 8.95 Å². The Hall–Kier alpha value is -1.02. The molecule has 0 spiro atoms. The predicted octanol–water partition coefficient (Wildman–Crippen LogP) is 6.62. The summed E-state index contributed by atoms with van der Waals surface area (Å²) in [5, 5.41) is 0. The van der Waals surface area contributed by atoms with Gasteiger partial charge in [-0.25, -0.2) is 0 Å². The second kappa shape index (κ2) is 6.12. The molecule has 0 nitrogen and oxygen atoms in total. The highest BCUT2D eigenvalue weighted by Gasteiger charge is 2.72. The van der Waals surface area contributed by atoms with Crippen molar-refractivity contribution in [3.63, 3.8) is 0 Å². The zero-order valence-electron chi connectivity index (χ0n) is 11.1. The highest BCUT2D eigenvalue weighted by Crippen LogP contribution is 2.56. The third-order valence-corrected chi connectivity index (χ3v) is 4.46. The molecule has 0 saturated carbocycles. The van der Waals surface area contributed by atoms with Crippen LogP contribution in [0.1, 0.15) is 11.1 Å². The van der Waals surface area contributed by atoms with E-state index in [4.69, 9.17) is 0 Å². The molecule has 0 aliphatic carbocycles. The molecule has 0 bridgehead atoms. The molecule has 124 valence electrons. The minimum absolute atomic E-state index is 0.385. The third kappa shape index (κ3) is 3.15. The van der Waals surface area contributed by atoms with Crippen LogP contribution in [0.3, 0.4) is 0 Å². The standard InChI is InChI=1S/C15H8Br2F6/c16-11-5-1-9(2-6-11)13(14(18,19)20,15(21,22)23)10-3-7-12(17)8-4-10/h1-8H. The van der Waals surface area contributed by atoms with Crippen LogP contribution in [0.2, 0.25) is 0 Å². The van der Waals surface area contributed by atoms with Gasteiger partial charge in [-0.1, -0.05) is 56.1 Å². The van der Waals surface area contributed by atoms with Crippen molar-refractivity contribution < 1.29 is 26.3 Å². The highest BCUT2D eigenvalue weighted by atomic mass is 79.9. The zero-order chi connectivity index (χ0) is 17.5. The quantitative estimate of drug-likeness (QED) is 0.441. The third-order valence-electron chi connectivity index (χ3n) is 3.40. The molecule has 0 atom stereocenters. The Kier molecular flexibility index (Phi) is 4.88. The van der Waals surface area contributed by atoms with E-state index in [0.717, 1.165) is 48.5 Å². The molecule has 0 unspecified atom stereocenters. The average Bonchev–Trinajstić information content (AvgIpc) is 2.40. The fraction of sp³-hybridized carbons (Fsp3) is 0.200. The molecule has 0 heterocycles. The Morgan fingerprint density at radius 1 is 0.522 bits per heavy atom. The lowest BCUT2D eigenvalue weighted by Gasteiger charge is -2.38. The molecular weight excluding hydrogens is 454 g/mol. The summed E-state index contributed by atoms with van der Waals surface area (Å²) in [4.78, 5) is 0. The molecule has 2 rings (SSSR count). The molecule has 0 aliphatic rings. The first-order chi connectivity index (χ1) is 10.5. The van der Waals surface area contributed by atoms with Gasteiger partial charge in [-0.15, -0.1) is 0 Å². The van der Waals surface area contributed by atoms with Crippen LogP contribution in [0.5, 0.6) is 0 Å². The van der Waals surface area contributed by atoms with Gasteiger partial charge in [0.2, 0.25) is 5.41 Å². The SMILES string of the molecule is FC(F)(F)C(c1ccc(Br)cc1)(c1ccc(Br)cc1)C(F)(F)F. The van der Waals surface area contributed by atoms with Crippen molar-refractivity contribution in [3.05, 3.63) is 68.6 Å². The molecule has 0 radical (unpaired) electrons. The lowest BCUT2D eigenvalue weighted by atomic mass is 9.73. The van der Waals surface area contributed by atoms with Crippen LogP contribution in [0.25, 0.3) is 0 Å². The second-order valence-electron chi connectivity index (χ2n) is 4.76. The molecule has 0 N–H and O–H groups in total. The van der Waals surface area contributed by atoms with E-state index in [1.54, 1.807) is 0 Å². The van der Waals surface area contributed by atoms with E-state index in [2.05, 4.69) is 31.9 Å². The summed E-state index contributed by atoms with van der Waals surface area (Å²) in [6, 6.07) is 7.92. The summed E-state index contributed by atoms with van der Waals surface area (Å²) in [6.45, 7) is 0. The first-order valence-corrected chi connectivity index (χ1v) is 7.74. The van der Waals surface area contributed by atoms with E-state index >= 15 is 0 Å². The van der Waals surface area contributed by atoms with Gasteiger partial charge in [0.1, 0.15) is 0 Å². The van der Waals surface area contributed by atoms with E-state index in [9.17, 15) is 26.3 Å². The van der Waals surface area contributed by atoms with Crippen molar-refractivity contribution in [3.8, 4) is 0 Å². The van der Waals surface area contributed by atoms with Crippen LogP contribution in [0.4, 0.5) is 26.3 Å². The molecule has 0 aliphatic heterocycles. The van der Waals surface area contributed by atoms with Gasteiger partial charge in [0.05, 0.1) is 0 Å². The predicted molar refractivity (Wildman–Crippen MR) is 81.2 cm³/mol. The lowest BCUT2D eigenvalue weighted by Crippen LogP contribution is -2.54. The van der Waals surface area contributed by atoms with E-state index in [1.165, 1.54) is 0 Å². The Morgan fingerprint density at radius 2 is 0.783 bits per heavy atom. The molecule has 0 amide bonds. The normalized spacial score (nSPS) is 13.2. The topological polar surface area (TPSA) is 0 Å². The number of hydrogen-bond donors (Lipinski definition) is 0. The Bertz CT molecular complexity index is 610. The Morgan fingerprint density at radius 3 is 1.00 bits per heavy atom. The van der Waals surface area contributed by atoms with Crippen molar-refractivity contribution in [2.75, 3.05) is 0 Å². The van der Waals surface area contributed by atoms with Crippen LogP contribution in [0.15, 0.2) is 57.5 Å². The fourth-order valence-corrected chi connectivity index (χ4v) is 2.91. The summed E-state index contributed by atoms with van der Waals surface area (Å²) in [5.74, 6) is 0. The van der Waals surface area contributed by atoms with Gasteiger partial charge < -0.3 is 0 Å². The van der Waals surface area contributed by atoms with Crippen molar-refractivity contribution in [2.24, 2.45) is 0 Å². The van der Waals surface area contributed by atoms with Gasteiger partial charge >= 0.3 is 12.4 Å². The Labute approximate surface area is 144 Å². The molecule has 2 aromatic carbocycles. The molecule has 0 saturated heterocycles. The molecule has 0 fully saturated rings. The van der Waals surface area contributed by atoms with Gasteiger partial charge in [0.25, 0.3) is 0 Å². The smallest absolute Gasteiger partial charge is 0.169 e. The van der Waals surface area contributed by atoms with Gasteiger partial charge in [0.15, 0.2) is 0 Å². The average molecular weight is 462 g/mol. The van der Waals surface area contributed by atoms with Crippen LogP contribution < -0.4 is 0 Å². The largest absolute Gasteiger partial charge is 0.411 e. The zero-order valence-corrected chi connectivity index (χ0v) is 14.3. The van der Waals surface area contributed by atoms with E-state index in [-0.39, 0.29) is 0 Å². The first-order valence-electron chi connectivity index (χ1n) is 6.15. The fourth-order valence-electron chi connectivity index (χ4n) is 2.38. The maximum absolute atomic E-state index is 13.7. The summed E-state index contributed by atoms with van der Waals surface area (Å²) >= 11 is 6.02. The van der Waals surface area contributed by atoms with E-state index in [1.807, 2.05) is 0 Å². The first kappa shape index (κ1) is 18.3. The minimum atomic E-state index is -5.56. The molecule has 0 aromatic heterocycles. The van der Waals surface area contributed by atoms with Crippen LogP contribution in [-0.2, 0) is 5.41 Å². The number of benzene rings is 2. The van der Waals surface area contributed by atoms with Gasteiger partial charge in [-0.2, -0.15) is 26.3 Å². The van der Waals surface area contributed by atoms with Crippen LogP contribution >= 0.6 is 31.9 Å². The van der Waals surface area contributed by atoms with Crippen molar-refractivity contribution in [1.29, 1.82) is 0 Å². The number of halogens is 8. The summed E-state index contributed by atoms with van der Waals surface area (Å²) in [6.07, 6.45) is -11.1.